The van der Waals surface area contributed by atoms with E-state index >= 15 is 0 Å². The van der Waals surface area contributed by atoms with Crippen molar-refractivity contribution in [2.75, 3.05) is 17.2 Å². The van der Waals surface area contributed by atoms with Gasteiger partial charge < -0.3 is 10.4 Å². The third kappa shape index (κ3) is 6.20. The van der Waals surface area contributed by atoms with Gasteiger partial charge in [0, 0.05) is 18.4 Å². The quantitative estimate of drug-likeness (QED) is 0.636. The first-order chi connectivity index (χ1) is 15.3. The summed E-state index contributed by atoms with van der Waals surface area (Å²) >= 11 is 1.08. The number of rotatable bonds is 8. The number of hydrogen-bond donors (Lipinski definition) is 2. The number of para-hydroxylation sites is 1. The van der Waals surface area contributed by atoms with E-state index in [1.807, 2.05) is 42.5 Å². The average molecular weight is 455 g/mol. The fourth-order valence-corrected chi connectivity index (χ4v) is 4.49. The number of anilines is 1. The van der Waals surface area contributed by atoms with Gasteiger partial charge in [0.2, 0.25) is 11.8 Å². The molecule has 2 aromatic carbocycles. The molecular formula is C24H26N2O5S. The van der Waals surface area contributed by atoms with Crippen LogP contribution in [0.1, 0.15) is 24.5 Å². The molecule has 8 heteroatoms. The van der Waals surface area contributed by atoms with Crippen LogP contribution in [-0.4, -0.2) is 46.3 Å². The van der Waals surface area contributed by atoms with Gasteiger partial charge in [-0.25, -0.2) is 0 Å². The molecule has 0 aliphatic carbocycles. The third-order valence-electron chi connectivity index (χ3n) is 5.34. The van der Waals surface area contributed by atoms with Crippen molar-refractivity contribution in [3.05, 3.63) is 65.7 Å². The van der Waals surface area contributed by atoms with Gasteiger partial charge in [0.1, 0.15) is 12.6 Å². The van der Waals surface area contributed by atoms with E-state index < -0.39 is 30.4 Å². The van der Waals surface area contributed by atoms with Crippen LogP contribution >= 0.6 is 11.8 Å². The number of carbonyl (C=O) groups excluding carboxylic acids is 3. The maximum atomic E-state index is 13.2. The van der Waals surface area contributed by atoms with Crippen LogP contribution in [0, 0.1) is 5.92 Å². The van der Waals surface area contributed by atoms with E-state index in [0.29, 0.717) is 30.7 Å². The van der Waals surface area contributed by atoms with Crippen LogP contribution in [0.3, 0.4) is 0 Å². The molecule has 7 nitrogen and oxygen atoms in total. The van der Waals surface area contributed by atoms with Gasteiger partial charge in [-0.1, -0.05) is 60.3 Å². The van der Waals surface area contributed by atoms with Crippen molar-refractivity contribution in [2.45, 2.75) is 32.2 Å². The summed E-state index contributed by atoms with van der Waals surface area (Å²) in [5, 5.41) is 12.1. The number of carboxylic acid groups (broad SMARTS) is 1. The summed E-state index contributed by atoms with van der Waals surface area (Å²) in [5.74, 6) is -2.08. The molecule has 0 bridgehead atoms. The summed E-state index contributed by atoms with van der Waals surface area (Å²) < 4.78 is 0. The molecule has 0 saturated carbocycles. The van der Waals surface area contributed by atoms with Gasteiger partial charge in [0.25, 0.3) is 0 Å². The molecule has 32 heavy (non-hydrogen) atoms. The highest BCUT2D eigenvalue weighted by molar-refractivity contribution is 8.13. The Labute approximate surface area is 191 Å². The van der Waals surface area contributed by atoms with Crippen molar-refractivity contribution < 1.29 is 24.3 Å². The van der Waals surface area contributed by atoms with Gasteiger partial charge in [-0.05, 0) is 36.5 Å². The van der Waals surface area contributed by atoms with E-state index in [1.165, 1.54) is 11.8 Å². The number of benzene rings is 2. The number of aryl methyl sites for hydroxylation is 1. The second kappa shape index (κ2) is 10.9. The number of thioether (sulfide) groups is 1. The summed E-state index contributed by atoms with van der Waals surface area (Å²) in [6, 6.07) is 15.9. The molecule has 168 valence electrons. The van der Waals surface area contributed by atoms with Crippen LogP contribution in [0.5, 0.6) is 0 Å². The second-order valence-electron chi connectivity index (χ2n) is 7.74. The minimum atomic E-state index is -1.13. The molecule has 0 saturated heterocycles. The zero-order chi connectivity index (χ0) is 23.1. The summed E-state index contributed by atoms with van der Waals surface area (Å²) in [4.78, 5) is 50.5. The van der Waals surface area contributed by atoms with Crippen LogP contribution in [0.4, 0.5) is 5.69 Å². The number of amides is 2. The van der Waals surface area contributed by atoms with Gasteiger partial charge in [0.05, 0.1) is 5.92 Å². The fourth-order valence-electron chi connectivity index (χ4n) is 3.78. The van der Waals surface area contributed by atoms with E-state index in [2.05, 4.69) is 5.32 Å². The molecule has 2 amide bonds. The molecule has 1 heterocycles. The standard InChI is InChI=1S/C24H26N2O5S/c1-16(27)32-15-19(13-17-7-3-2-4-8-17)23(30)25-20-12-11-18-9-5-6-10-21(18)26(24(20)31)14-22(28)29/h2-10,19-20H,11-15H2,1H3,(H,25,30)(H,28,29)/t19-,20-/m1/s1. The van der Waals surface area contributed by atoms with Gasteiger partial charge in [0.15, 0.2) is 5.12 Å². The first-order valence-electron chi connectivity index (χ1n) is 10.4. The molecular weight excluding hydrogens is 428 g/mol. The normalized spacial score (nSPS) is 16.6. The van der Waals surface area contributed by atoms with Crippen molar-refractivity contribution in [1.82, 2.24) is 5.32 Å². The highest BCUT2D eigenvalue weighted by atomic mass is 32.2. The first-order valence-corrected chi connectivity index (χ1v) is 11.4. The number of fused-ring (bicyclic) bond motifs is 1. The fraction of sp³-hybridized carbons (Fsp3) is 0.333. The van der Waals surface area contributed by atoms with Gasteiger partial charge >= 0.3 is 5.97 Å². The minimum Gasteiger partial charge on any atom is -0.480 e. The molecule has 0 aromatic heterocycles. The lowest BCUT2D eigenvalue weighted by molar-refractivity contribution is -0.137. The Morgan fingerprint density at radius 3 is 2.50 bits per heavy atom. The Balaban J connectivity index is 1.79. The number of aliphatic carboxylic acids is 1. The zero-order valence-corrected chi connectivity index (χ0v) is 18.6. The second-order valence-corrected chi connectivity index (χ2v) is 8.93. The number of carboxylic acids is 1. The van der Waals surface area contributed by atoms with E-state index in [4.69, 9.17) is 0 Å². The number of nitrogens with zero attached hydrogens (tertiary/aromatic N) is 1. The van der Waals surface area contributed by atoms with Gasteiger partial charge in [-0.2, -0.15) is 0 Å². The van der Waals surface area contributed by atoms with Crippen LogP contribution < -0.4 is 10.2 Å². The lowest BCUT2D eigenvalue weighted by atomic mass is 9.99. The SMILES string of the molecule is CC(=O)SC[C@@H](Cc1ccccc1)C(=O)N[C@@H]1CCc2ccccc2N(CC(=O)O)C1=O. The molecule has 2 aromatic rings. The summed E-state index contributed by atoms with van der Waals surface area (Å²) in [6.07, 6.45) is 1.34. The highest BCUT2D eigenvalue weighted by Gasteiger charge is 2.33. The smallest absolute Gasteiger partial charge is 0.323 e. The number of hydrogen-bond acceptors (Lipinski definition) is 5. The molecule has 1 aliphatic heterocycles. The lowest BCUT2D eigenvalue weighted by Crippen LogP contribution is -2.51. The summed E-state index contributed by atoms with van der Waals surface area (Å²) in [7, 11) is 0. The van der Waals surface area contributed by atoms with Crippen molar-refractivity contribution in [2.24, 2.45) is 5.92 Å². The van der Waals surface area contributed by atoms with Crippen molar-refractivity contribution in [3.63, 3.8) is 0 Å². The lowest BCUT2D eigenvalue weighted by Gasteiger charge is -2.26. The maximum absolute atomic E-state index is 13.2. The van der Waals surface area contributed by atoms with Crippen molar-refractivity contribution >= 4 is 40.3 Å². The van der Waals surface area contributed by atoms with Crippen molar-refractivity contribution in [1.29, 1.82) is 0 Å². The molecule has 2 atom stereocenters. The molecule has 0 fully saturated rings. The van der Waals surface area contributed by atoms with E-state index in [-0.39, 0.29) is 11.0 Å². The zero-order valence-electron chi connectivity index (χ0n) is 17.8. The van der Waals surface area contributed by atoms with Crippen LogP contribution in [-0.2, 0) is 32.0 Å². The van der Waals surface area contributed by atoms with Gasteiger partial charge in [-0.3, -0.25) is 24.1 Å². The van der Waals surface area contributed by atoms with E-state index in [9.17, 15) is 24.3 Å². The average Bonchev–Trinajstić information content (AvgIpc) is 2.89. The van der Waals surface area contributed by atoms with Crippen LogP contribution in [0.2, 0.25) is 0 Å². The molecule has 0 unspecified atom stereocenters. The Morgan fingerprint density at radius 2 is 1.81 bits per heavy atom. The molecule has 3 rings (SSSR count). The van der Waals surface area contributed by atoms with Crippen LogP contribution in [0.25, 0.3) is 0 Å². The predicted octanol–water partition coefficient (Wildman–Crippen LogP) is 2.67. The largest absolute Gasteiger partial charge is 0.480 e. The van der Waals surface area contributed by atoms with Crippen molar-refractivity contribution in [3.8, 4) is 0 Å². The monoisotopic (exact) mass is 454 g/mol. The Kier molecular flexibility index (Phi) is 8.05. The molecule has 0 spiro atoms. The topological polar surface area (TPSA) is 104 Å². The summed E-state index contributed by atoms with van der Waals surface area (Å²) in [5.41, 5.74) is 2.39. The predicted molar refractivity (Wildman–Crippen MR) is 123 cm³/mol. The van der Waals surface area contributed by atoms with Gasteiger partial charge in [-0.15, -0.1) is 0 Å². The van der Waals surface area contributed by atoms with E-state index in [1.54, 1.807) is 12.1 Å². The van der Waals surface area contributed by atoms with Crippen LogP contribution in [0.15, 0.2) is 54.6 Å². The third-order valence-corrected chi connectivity index (χ3v) is 6.32. The highest BCUT2D eigenvalue weighted by Crippen LogP contribution is 2.27. The molecule has 1 aliphatic rings. The first kappa shape index (κ1) is 23.5. The molecule has 0 radical (unpaired) electrons. The number of nitrogens with one attached hydrogen (secondary N) is 1. The Morgan fingerprint density at radius 1 is 1.12 bits per heavy atom. The molecule has 2 N–H and O–H groups in total. The number of carbonyl (C=O) groups is 4. The Bertz CT molecular complexity index is 995. The Hall–Kier alpha value is -3.13. The maximum Gasteiger partial charge on any atom is 0.323 e. The minimum absolute atomic E-state index is 0.0792. The summed E-state index contributed by atoms with van der Waals surface area (Å²) in [6.45, 7) is 0.980. The van der Waals surface area contributed by atoms with E-state index in [0.717, 1.165) is 22.9 Å².